The fourth-order valence-electron chi connectivity index (χ4n) is 2.17. The summed E-state index contributed by atoms with van der Waals surface area (Å²) in [6, 6.07) is 9.48. The van der Waals surface area contributed by atoms with Crippen molar-refractivity contribution in [1.29, 1.82) is 0 Å². The van der Waals surface area contributed by atoms with Crippen LogP contribution in [0.3, 0.4) is 0 Å². The Morgan fingerprint density at radius 3 is 2.95 bits per heavy atom. The topological polar surface area (TPSA) is 46.4 Å². The van der Waals surface area contributed by atoms with Crippen LogP contribution in [0.2, 0.25) is 0 Å². The van der Waals surface area contributed by atoms with Crippen molar-refractivity contribution in [1.82, 2.24) is 14.7 Å². The van der Waals surface area contributed by atoms with Gasteiger partial charge in [-0.05, 0) is 46.3 Å². The van der Waals surface area contributed by atoms with Gasteiger partial charge >= 0.3 is 0 Å². The zero-order valence-corrected chi connectivity index (χ0v) is 13.2. The first-order valence-corrected chi connectivity index (χ1v) is 7.58. The molecule has 3 rings (SSSR count). The van der Waals surface area contributed by atoms with E-state index in [2.05, 4.69) is 26.2 Å². The molecule has 0 saturated carbocycles. The standard InChI is InChI=1S/C16H13BrFN3O/c17-12-4-5-15-20-14(10-21(15)9-12)6-7-19-16(22)11-2-1-3-13(18)8-11/h1-5,8-10H,6-7H2,(H,19,22). The molecule has 6 heteroatoms. The molecule has 0 aliphatic carbocycles. The van der Waals surface area contributed by atoms with Gasteiger partial charge in [0.05, 0.1) is 5.69 Å². The lowest BCUT2D eigenvalue weighted by atomic mass is 10.2. The third kappa shape index (κ3) is 3.33. The molecule has 4 nitrogen and oxygen atoms in total. The molecule has 0 atom stereocenters. The Labute approximate surface area is 135 Å². The number of imidazole rings is 1. The minimum Gasteiger partial charge on any atom is -0.352 e. The minimum atomic E-state index is -0.418. The van der Waals surface area contributed by atoms with E-state index < -0.39 is 5.82 Å². The SMILES string of the molecule is O=C(NCCc1cn2cc(Br)ccc2n1)c1cccc(F)c1. The molecule has 22 heavy (non-hydrogen) atoms. The van der Waals surface area contributed by atoms with Crippen LogP contribution in [-0.4, -0.2) is 21.8 Å². The summed E-state index contributed by atoms with van der Waals surface area (Å²) in [6.45, 7) is 0.445. The molecule has 0 fully saturated rings. The van der Waals surface area contributed by atoms with Crippen LogP contribution in [0.5, 0.6) is 0 Å². The van der Waals surface area contributed by atoms with Gasteiger partial charge in [0.25, 0.3) is 5.91 Å². The summed E-state index contributed by atoms with van der Waals surface area (Å²) in [7, 11) is 0. The monoisotopic (exact) mass is 361 g/mol. The number of aromatic nitrogens is 2. The van der Waals surface area contributed by atoms with Crippen molar-refractivity contribution in [2.75, 3.05) is 6.54 Å². The predicted octanol–water partition coefficient (Wildman–Crippen LogP) is 3.21. The Bertz CT molecular complexity index is 831. The Kier molecular flexibility index (Phi) is 4.20. The van der Waals surface area contributed by atoms with Crippen molar-refractivity contribution in [3.05, 3.63) is 70.3 Å². The van der Waals surface area contributed by atoms with E-state index in [1.165, 1.54) is 18.2 Å². The third-order valence-electron chi connectivity index (χ3n) is 3.22. The molecule has 112 valence electrons. The molecule has 0 bridgehead atoms. The van der Waals surface area contributed by atoms with Gasteiger partial charge in [-0.3, -0.25) is 4.79 Å². The zero-order chi connectivity index (χ0) is 15.5. The molecule has 1 aromatic carbocycles. The minimum absolute atomic E-state index is 0.286. The van der Waals surface area contributed by atoms with E-state index >= 15 is 0 Å². The second kappa shape index (κ2) is 6.27. The summed E-state index contributed by atoms with van der Waals surface area (Å²) in [6.07, 6.45) is 4.46. The second-order valence-corrected chi connectivity index (χ2v) is 5.78. The molecule has 0 radical (unpaired) electrons. The number of carbonyl (C=O) groups excluding carboxylic acids is 1. The maximum absolute atomic E-state index is 13.1. The fraction of sp³-hybridized carbons (Fsp3) is 0.125. The summed E-state index contributed by atoms with van der Waals surface area (Å²) < 4.78 is 16.0. The van der Waals surface area contributed by atoms with Gasteiger partial charge in [0, 0.05) is 35.4 Å². The first-order chi connectivity index (χ1) is 10.6. The molecule has 0 aliphatic rings. The highest BCUT2D eigenvalue weighted by molar-refractivity contribution is 9.10. The molecule has 3 aromatic rings. The summed E-state index contributed by atoms with van der Waals surface area (Å²) in [5.74, 6) is -0.704. The van der Waals surface area contributed by atoms with E-state index in [1.807, 2.05) is 28.9 Å². The molecule has 2 heterocycles. The van der Waals surface area contributed by atoms with Gasteiger partial charge < -0.3 is 9.72 Å². The van der Waals surface area contributed by atoms with E-state index in [4.69, 9.17) is 0 Å². The normalized spacial score (nSPS) is 10.8. The Hall–Kier alpha value is -2.21. The van der Waals surface area contributed by atoms with Gasteiger partial charge in [-0.2, -0.15) is 0 Å². The van der Waals surface area contributed by atoms with Gasteiger partial charge in [-0.15, -0.1) is 0 Å². The van der Waals surface area contributed by atoms with Crippen molar-refractivity contribution in [2.24, 2.45) is 0 Å². The lowest BCUT2D eigenvalue weighted by Gasteiger charge is -2.03. The van der Waals surface area contributed by atoms with Crippen LogP contribution >= 0.6 is 15.9 Å². The summed E-state index contributed by atoms with van der Waals surface area (Å²) in [5.41, 5.74) is 2.06. The predicted molar refractivity (Wildman–Crippen MR) is 85.3 cm³/mol. The molecule has 2 aromatic heterocycles. The highest BCUT2D eigenvalue weighted by Crippen LogP contribution is 2.12. The van der Waals surface area contributed by atoms with Gasteiger partial charge in [0.15, 0.2) is 0 Å². The van der Waals surface area contributed by atoms with E-state index in [9.17, 15) is 9.18 Å². The number of fused-ring (bicyclic) bond motifs is 1. The number of rotatable bonds is 4. The number of benzene rings is 1. The number of hydrogen-bond donors (Lipinski definition) is 1. The van der Waals surface area contributed by atoms with Gasteiger partial charge in [0.1, 0.15) is 11.5 Å². The Balaban J connectivity index is 1.61. The van der Waals surface area contributed by atoms with E-state index in [1.54, 1.807) is 6.07 Å². The number of pyridine rings is 1. The second-order valence-electron chi connectivity index (χ2n) is 4.86. The number of nitrogens with zero attached hydrogens (tertiary/aromatic N) is 2. The van der Waals surface area contributed by atoms with Crippen LogP contribution in [0, 0.1) is 5.82 Å². The van der Waals surface area contributed by atoms with Crippen molar-refractivity contribution in [2.45, 2.75) is 6.42 Å². The molecule has 0 aliphatic heterocycles. The maximum Gasteiger partial charge on any atom is 0.251 e. The average Bonchev–Trinajstić information content (AvgIpc) is 2.89. The third-order valence-corrected chi connectivity index (χ3v) is 3.69. The Morgan fingerprint density at radius 1 is 1.27 bits per heavy atom. The first-order valence-electron chi connectivity index (χ1n) is 6.79. The van der Waals surface area contributed by atoms with Crippen LogP contribution in [-0.2, 0) is 6.42 Å². The lowest BCUT2D eigenvalue weighted by Crippen LogP contribution is -2.25. The van der Waals surface area contributed by atoms with Gasteiger partial charge in [-0.25, -0.2) is 9.37 Å². The fourth-order valence-corrected chi connectivity index (χ4v) is 2.53. The highest BCUT2D eigenvalue weighted by atomic mass is 79.9. The number of hydrogen-bond acceptors (Lipinski definition) is 2. The van der Waals surface area contributed by atoms with Crippen molar-refractivity contribution < 1.29 is 9.18 Å². The van der Waals surface area contributed by atoms with Crippen molar-refractivity contribution in [3.63, 3.8) is 0 Å². The van der Waals surface area contributed by atoms with Crippen LogP contribution in [0.25, 0.3) is 5.65 Å². The molecular weight excluding hydrogens is 349 g/mol. The maximum atomic E-state index is 13.1. The molecule has 0 spiro atoms. The largest absolute Gasteiger partial charge is 0.352 e. The molecule has 1 N–H and O–H groups in total. The summed E-state index contributed by atoms with van der Waals surface area (Å²) >= 11 is 3.41. The summed E-state index contributed by atoms with van der Waals surface area (Å²) in [4.78, 5) is 16.4. The quantitative estimate of drug-likeness (QED) is 0.775. The smallest absolute Gasteiger partial charge is 0.251 e. The van der Waals surface area contributed by atoms with E-state index in [0.717, 1.165) is 15.8 Å². The number of nitrogens with one attached hydrogen (secondary N) is 1. The number of carbonyl (C=O) groups is 1. The molecular formula is C16H13BrFN3O. The molecule has 0 saturated heterocycles. The molecule has 1 amide bonds. The van der Waals surface area contributed by atoms with Crippen molar-refractivity contribution >= 4 is 27.5 Å². The van der Waals surface area contributed by atoms with Crippen LogP contribution in [0.15, 0.2) is 53.3 Å². The van der Waals surface area contributed by atoms with Crippen LogP contribution < -0.4 is 5.32 Å². The summed E-state index contributed by atoms with van der Waals surface area (Å²) in [5, 5.41) is 2.77. The molecule has 0 unspecified atom stereocenters. The Morgan fingerprint density at radius 2 is 2.14 bits per heavy atom. The number of halogens is 2. The number of amides is 1. The lowest BCUT2D eigenvalue weighted by molar-refractivity contribution is 0.0953. The van der Waals surface area contributed by atoms with Gasteiger partial charge in [-0.1, -0.05) is 6.07 Å². The van der Waals surface area contributed by atoms with E-state index in [-0.39, 0.29) is 5.91 Å². The van der Waals surface area contributed by atoms with Crippen LogP contribution in [0.1, 0.15) is 16.1 Å². The highest BCUT2D eigenvalue weighted by Gasteiger charge is 2.07. The first kappa shape index (κ1) is 14.7. The van der Waals surface area contributed by atoms with E-state index in [0.29, 0.717) is 18.5 Å². The zero-order valence-electron chi connectivity index (χ0n) is 11.6. The van der Waals surface area contributed by atoms with Crippen molar-refractivity contribution in [3.8, 4) is 0 Å². The van der Waals surface area contributed by atoms with Crippen LogP contribution in [0.4, 0.5) is 4.39 Å². The van der Waals surface area contributed by atoms with Gasteiger partial charge in [0.2, 0.25) is 0 Å². The average molecular weight is 362 g/mol.